The smallest absolute Gasteiger partial charge is 0.0879 e. The number of nitrogens with zero attached hydrogens (tertiary/aromatic N) is 3. The van der Waals surface area contributed by atoms with Crippen molar-refractivity contribution >= 4 is 17.8 Å². The van der Waals surface area contributed by atoms with Crippen LogP contribution in [-0.4, -0.2) is 21.2 Å². The fraction of sp³-hybridized carbons (Fsp3) is 0.167. The van der Waals surface area contributed by atoms with Crippen molar-refractivity contribution < 1.29 is 0 Å². The molecule has 0 fully saturated rings. The first-order chi connectivity index (χ1) is 7.81. The molecule has 0 N–H and O–H groups in total. The van der Waals surface area contributed by atoms with Crippen LogP contribution in [0.5, 0.6) is 0 Å². The van der Waals surface area contributed by atoms with Crippen molar-refractivity contribution in [2.45, 2.75) is 6.92 Å². The van der Waals surface area contributed by atoms with Gasteiger partial charge in [-0.15, -0.1) is 16.9 Å². The number of rotatable bonds is 3. The lowest BCUT2D eigenvalue weighted by atomic mass is 10.3. The van der Waals surface area contributed by atoms with Gasteiger partial charge in [-0.3, -0.25) is 0 Å². The Morgan fingerprint density at radius 2 is 2.06 bits per heavy atom. The van der Waals surface area contributed by atoms with Gasteiger partial charge in [0.05, 0.1) is 17.6 Å². The maximum absolute atomic E-state index is 4.09. The number of hydrogen-bond donors (Lipinski definition) is 0. The van der Waals surface area contributed by atoms with Crippen LogP contribution in [0.1, 0.15) is 12.6 Å². The van der Waals surface area contributed by atoms with Crippen LogP contribution < -0.4 is 0 Å². The van der Waals surface area contributed by atoms with E-state index in [9.17, 15) is 0 Å². The van der Waals surface area contributed by atoms with Crippen LogP contribution in [0.4, 0.5) is 0 Å². The summed E-state index contributed by atoms with van der Waals surface area (Å²) in [5.74, 6) is 0. The number of para-hydroxylation sites is 1. The summed E-state index contributed by atoms with van der Waals surface area (Å²) in [5.41, 5.74) is 2.03. The Morgan fingerprint density at radius 1 is 1.31 bits per heavy atom. The molecule has 0 aliphatic rings. The zero-order valence-electron chi connectivity index (χ0n) is 9.29. The third-order valence-electron chi connectivity index (χ3n) is 2.25. The normalized spacial score (nSPS) is 11.8. The van der Waals surface area contributed by atoms with Gasteiger partial charge in [0.1, 0.15) is 0 Å². The van der Waals surface area contributed by atoms with Gasteiger partial charge >= 0.3 is 0 Å². The highest BCUT2D eigenvalue weighted by atomic mass is 32.2. The quantitative estimate of drug-likeness (QED) is 0.813. The highest BCUT2D eigenvalue weighted by Gasteiger charge is 2.03. The molecular weight excluding hydrogens is 218 g/mol. The van der Waals surface area contributed by atoms with Gasteiger partial charge < -0.3 is 0 Å². The summed E-state index contributed by atoms with van der Waals surface area (Å²) in [5, 5.41) is 8.03. The van der Waals surface area contributed by atoms with Crippen molar-refractivity contribution in [2.24, 2.45) is 0 Å². The second kappa shape index (κ2) is 4.99. The Kier molecular flexibility index (Phi) is 3.41. The molecule has 0 atom stereocenters. The second-order valence-corrected chi connectivity index (χ2v) is 4.42. The lowest BCUT2D eigenvalue weighted by molar-refractivity contribution is 0.798. The molecule has 0 saturated heterocycles. The monoisotopic (exact) mass is 231 g/mol. The summed E-state index contributed by atoms with van der Waals surface area (Å²) in [7, 11) is 0. The first kappa shape index (κ1) is 11.0. The van der Waals surface area contributed by atoms with Crippen LogP contribution in [0.15, 0.2) is 41.4 Å². The average Bonchev–Trinajstić information content (AvgIpc) is 2.78. The van der Waals surface area contributed by atoms with Crippen LogP contribution >= 0.6 is 11.8 Å². The van der Waals surface area contributed by atoms with Gasteiger partial charge in [0, 0.05) is 0 Å². The van der Waals surface area contributed by atoms with E-state index in [0.717, 1.165) is 11.4 Å². The van der Waals surface area contributed by atoms with Gasteiger partial charge in [-0.1, -0.05) is 23.4 Å². The molecule has 0 unspecified atom stereocenters. The van der Waals surface area contributed by atoms with E-state index < -0.39 is 0 Å². The Balaban J connectivity index is 2.41. The van der Waals surface area contributed by atoms with Gasteiger partial charge in [0.25, 0.3) is 0 Å². The molecule has 0 aliphatic heterocycles. The molecule has 2 aromatic rings. The van der Waals surface area contributed by atoms with Gasteiger partial charge in [-0.25, -0.2) is 4.68 Å². The van der Waals surface area contributed by atoms with Crippen molar-refractivity contribution in [2.75, 3.05) is 6.26 Å². The van der Waals surface area contributed by atoms with E-state index in [4.69, 9.17) is 0 Å². The number of thioether (sulfide) groups is 1. The van der Waals surface area contributed by atoms with E-state index in [0.29, 0.717) is 0 Å². The summed E-state index contributed by atoms with van der Waals surface area (Å²) in [6, 6.07) is 10.0. The second-order valence-electron chi connectivity index (χ2n) is 3.37. The first-order valence-electron chi connectivity index (χ1n) is 4.99. The minimum absolute atomic E-state index is 0.998. The zero-order valence-corrected chi connectivity index (χ0v) is 10.1. The number of hydrogen-bond acceptors (Lipinski definition) is 3. The molecule has 0 spiro atoms. The van der Waals surface area contributed by atoms with Crippen LogP contribution in [-0.2, 0) is 0 Å². The molecule has 1 aromatic carbocycles. The largest absolute Gasteiger partial charge is 0.213 e. The fourth-order valence-electron chi connectivity index (χ4n) is 1.38. The highest BCUT2D eigenvalue weighted by molar-refractivity contribution is 8.02. The van der Waals surface area contributed by atoms with Crippen molar-refractivity contribution in [1.82, 2.24) is 15.0 Å². The van der Waals surface area contributed by atoms with Gasteiger partial charge in [-0.2, -0.15) is 0 Å². The zero-order chi connectivity index (χ0) is 11.4. The molecule has 0 amide bonds. The molecular formula is C12H13N3S. The predicted octanol–water partition coefficient (Wildman–Crippen LogP) is 2.99. The highest BCUT2D eigenvalue weighted by Crippen LogP contribution is 2.16. The van der Waals surface area contributed by atoms with Crippen molar-refractivity contribution in [1.29, 1.82) is 0 Å². The Morgan fingerprint density at radius 3 is 2.75 bits per heavy atom. The SMILES string of the molecule is CS/C(C)=C\c1cnnn1-c1ccccc1. The molecule has 16 heavy (non-hydrogen) atoms. The third-order valence-corrected chi connectivity index (χ3v) is 3.01. The van der Waals surface area contributed by atoms with Crippen LogP contribution in [0.3, 0.4) is 0 Å². The van der Waals surface area contributed by atoms with E-state index in [1.54, 1.807) is 18.0 Å². The minimum Gasteiger partial charge on any atom is -0.213 e. The Labute approximate surface area is 99.2 Å². The molecule has 3 nitrogen and oxygen atoms in total. The molecule has 1 heterocycles. The van der Waals surface area contributed by atoms with Crippen LogP contribution in [0.25, 0.3) is 11.8 Å². The van der Waals surface area contributed by atoms with Gasteiger partial charge in [0.2, 0.25) is 0 Å². The van der Waals surface area contributed by atoms with Crippen molar-refractivity contribution in [3.63, 3.8) is 0 Å². The van der Waals surface area contributed by atoms with E-state index in [1.807, 2.05) is 35.0 Å². The molecule has 82 valence electrons. The molecule has 2 rings (SSSR count). The molecule has 0 bridgehead atoms. The van der Waals surface area contributed by atoms with Crippen molar-refractivity contribution in [3.8, 4) is 5.69 Å². The predicted molar refractivity (Wildman–Crippen MR) is 68.5 cm³/mol. The van der Waals surface area contributed by atoms with Gasteiger partial charge in [-0.05, 0) is 36.3 Å². The lowest BCUT2D eigenvalue weighted by Gasteiger charge is -2.03. The van der Waals surface area contributed by atoms with Crippen molar-refractivity contribution in [3.05, 3.63) is 47.1 Å². The fourth-order valence-corrected chi connectivity index (χ4v) is 1.62. The standard InChI is InChI=1S/C12H13N3S/c1-10(16-2)8-12-9-13-14-15(12)11-6-4-3-5-7-11/h3-9H,1-2H3/b10-8-. The molecule has 1 aromatic heterocycles. The van der Waals surface area contributed by atoms with Crippen LogP contribution in [0.2, 0.25) is 0 Å². The van der Waals surface area contributed by atoms with Gasteiger partial charge in [0.15, 0.2) is 0 Å². The van der Waals surface area contributed by atoms with Crippen LogP contribution in [0, 0.1) is 0 Å². The topological polar surface area (TPSA) is 30.7 Å². The minimum atomic E-state index is 0.998. The maximum Gasteiger partial charge on any atom is 0.0879 e. The average molecular weight is 231 g/mol. The van der Waals surface area contributed by atoms with E-state index >= 15 is 0 Å². The summed E-state index contributed by atoms with van der Waals surface area (Å²) in [6.45, 7) is 2.08. The van der Waals surface area contributed by atoms with E-state index in [1.165, 1.54) is 4.91 Å². The molecule has 4 heteroatoms. The maximum atomic E-state index is 4.09. The third kappa shape index (κ3) is 2.33. The summed E-state index contributed by atoms with van der Waals surface area (Å²) >= 11 is 1.72. The number of aromatic nitrogens is 3. The summed E-state index contributed by atoms with van der Waals surface area (Å²) < 4.78 is 1.83. The molecule has 0 radical (unpaired) electrons. The summed E-state index contributed by atoms with van der Waals surface area (Å²) in [4.78, 5) is 1.24. The van der Waals surface area contributed by atoms with E-state index in [2.05, 4.69) is 29.6 Å². The molecule has 0 saturated carbocycles. The number of benzene rings is 1. The lowest BCUT2D eigenvalue weighted by Crippen LogP contribution is -1.98. The Hall–Kier alpha value is -1.55. The Bertz CT molecular complexity index is 488. The molecule has 0 aliphatic carbocycles. The first-order valence-corrected chi connectivity index (χ1v) is 6.22. The number of allylic oxidation sites excluding steroid dienone is 1. The summed E-state index contributed by atoms with van der Waals surface area (Å²) in [6.07, 6.45) is 5.91. The van der Waals surface area contributed by atoms with E-state index in [-0.39, 0.29) is 0 Å².